The molecule has 0 atom stereocenters. The number of fused-ring (bicyclic) bond motifs is 23. The first-order valence-corrected chi connectivity index (χ1v) is 46.8. The van der Waals surface area contributed by atoms with Crippen LogP contribution in [0.25, 0.3) is 176 Å². The van der Waals surface area contributed by atoms with E-state index in [0.29, 0.717) is 10.0 Å². The maximum absolute atomic E-state index is 6.88. The zero-order chi connectivity index (χ0) is 90.0. The second-order valence-corrected chi connectivity index (χ2v) is 38.6. The summed E-state index contributed by atoms with van der Waals surface area (Å²) in [5.74, 6) is 0. The predicted molar refractivity (Wildman–Crippen MR) is 561 cm³/mol. The lowest BCUT2D eigenvalue weighted by Gasteiger charge is -2.28. The lowest BCUT2D eigenvalue weighted by Crippen LogP contribution is -2.16. The van der Waals surface area contributed by atoms with E-state index in [1.165, 1.54) is 111 Å². The van der Waals surface area contributed by atoms with Crippen molar-refractivity contribution in [2.75, 3.05) is 9.80 Å². The molecule has 20 aromatic carbocycles. The summed E-state index contributed by atoms with van der Waals surface area (Å²) in [5.41, 5.74) is 39.1. The number of hydrogen-bond donors (Lipinski definition) is 0. The van der Waals surface area contributed by atoms with Gasteiger partial charge >= 0.3 is 0 Å². The largest absolute Gasteiger partial charge is 0.456 e. The van der Waals surface area contributed by atoms with Gasteiger partial charge in [-0.2, -0.15) is 0 Å². The zero-order valence-electron chi connectivity index (χ0n) is 74.8. The normalized spacial score (nSPS) is 13.4. The number of hydrogen-bond acceptors (Lipinski definition) is 6. The number of nitrogens with zero attached hydrogens (tertiary/aromatic N) is 2. The van der Waals surface area contributed by atoms with Gasteiger partial charge in [-0.05, 0) is 285 Å². The van der Waals surface area contributed by atoms with Crippen LogP contribution in [0.5, 0.6) is 0 Å². The summed E-state index contributed by atoms with van der Waals surface area (Å²) < 4.78 is 25.7. The van der Waals surface area contributed by atoms with Gasteiger partial charge in [0.1, 0.15) is 44.7 Å². The summed E-state index contributed by atoms with van der Waals surface area (Å²) in [7, 11) is 0. The first-order valence-electron chi connectivity index (χ1n) is 46.0. The van der Waals surface area contributed by atoms with E-state index in [0.717, 1.165) is 150 Å². The van der Waals surface area contributed by atoms with Crippen LogP contribution in [0.15, 0.2) is 430 Å². The molecule has 0 fully saturated rings. The van der Waals surface area contributed by atoms with E-state index >= 15 is 0 Å². The van der Waals surface area contributed by atoms with Gasteiger partial charge in [-0.1, -0.05) is 307 Å². The Kier molecular flexibility index (Phi) is 18.7. The van der Waals surface area contributed by atoms with E-state index < -0.39 is 0 Å². The van der Waals surface area contributed by atoms with Gasteiger partial charge < -0.3 is 27.5 Å². The minimum Gasteiger partial charge on any atom is -0.456 e. The van der Waals surface area contributed by atoms with Gasteiger partial charge in [0.15, 0.2) is 0 Å². The molecule has 0 bridgehead atoms. The topological polar surface area (TPSA) is 59.0 Å². The fourth-order valence-electron chi connectivity index (χ4n) is 21.8. The molecular weight excluding hydrogens is 1680 g/mol. The molecule has 0 amide bonds. The lowest BCUT2D eigenvalue weighted by molar-refractivity contribution is 0.659. The molecule has 640 valence electrons. The fraction of sp³-hybridized carbons (Fsp3) is 0.0794. The van der Waals surface area contributed by atoms with E-state index in [1.807, 2.05) is 36.4 Å². The SMILES string of the molecule is CC1(C)c2ccccc2-c2ccc(Cc3ccc(-c4ccccc4)cc3)cc21.CC1(C)c2ccccc2-c2ccc(N(c3ccc(-c4ccccc4)cc3)c3ccc4c(c3)oc3cc5cc6oc7cc(N(c8ccc(-c9ccccc9)cc8)c8ccc9c(c8)C(C)(C)c8ccccc8-9)ccc7c6cc5cc34)cc21.Clc1ccc2c(c1)oc1cc3cc4oc5cc(Cl)ccc5c4cc3cc12. The summed E-state index contributed by atoms with van der Waals surface area (Å²) in [6.45, 7) is 14.1. The molecule has 6 nitrogen and oxygen atoms in total. The van der Waals surface area contributed by atoms with Crippen LogP contribution in [0.4, 0.5) is 34.1 Å². The van der Waals surface area contributed by atoms with Gasteiger partial charge in [-0.3, -0.25) is 0 Å². The quantitative estimate of drug-likeness (QED) is 0.129. The third-order valence-electron chi connectivity index (χ3n) is 28.7. The Labute approximate surface area is 786 Å². The molecule has 0 N–H and O–H groups in total. The smallest absolute Gasteiger partial charge is 0.137 e. The molecule has 0 unspecified atom stereocenters. The Bertz CT molecular complexity index is 8470. The monoisotopic (exact) mass is 1760 g/mol. The van der Waals surface area contributed by atoms with Crippen molar-refractivity contribution in [1.82, 2.24) is 0 Å². The van der Waals surface area contributed by atoms with Gasteiger partial charge in [0.05, 0.1) is 0 Å². The molecule has 0 saturated carbocycles. The Morgan fingerprint density at radius 1 is 0.194 bits per heavy atom. The average molecular weight is 1770 g/mol. The van der Waals surface area contributed by atoms with Gasteiger partial charge in [-0.15, -0.1) is 0 Å². The highest BCUT2D eigenvalue weighted by atomic mass is 35.5. The average Bonchev–Trinajstić information content (AvgIpc) is 1.57. The molecule has 0 radical (unpaired) electrons. The molecule has 0 saturated heterocycles. The molecule has 27 rings (SSSR count). The summed E-state index contributed by atoms with van der Waals surface area (Å²) in [5, 5.41) is 14.4. The molecule has 4 aromatic heterocycles. The van der Waals surface area contributed by atoms with Crippen molar-refractivity contribution < 1.29 is 17.7 Å². The highest BCUT2D eigenvalue weighted by molar-refractivity contribution is 6.32. The van der Waals surface area contributed by atoms with Crippen LogP contribution < -0.4 is 9.80 Å². The van der Waals surface area contributed by atoms with Crippen LogP contribution in [-0.4, -0.2) is 0 Å². The summed E-state index contributed by atoms with van der Waals surface area (Å²) >= 11 is 12.2. The van der Waals surface area contributed by atoms with Crippen molar-refractivity contribution in [3.63, 3.8) is 0 Å². The van der Waals surface area contributed by atoms with Gasteiger partial charge in [0, 0.05) is 128 Å². The molecule has 24 aromatic rings. The van der Waals surface area contributed by atoms with Crippen molar-refractivity contribution in [2.24, 2.45) is 0 Å². The number of halogens is 2. The van der Waals surface area contributed by atoms with Crippen molar-refractivity contribution in [1.29, 1.82) is 0 Å². The third-order valence-corrected chi connectivity index (χ3v) is 29.2. The summed E-state index contributed by atoms with van der Waals surface area (Å²) in [6.07, 6.45) is 0.967. The zero-order valence-corrected chi connectivity index (χ0v) is 76.3. The Balaban J connectivity index is 0.000000143. The van der Waals surface area contributed by atoms with Crippen LogP contribution in [0.2, 0.25) is 10.0 Å². The van der Waals surface area contributed by atoms with Crippen LogP contribution in [0, 0.1) is 0 Å². The van der Waals surface area contributed by atoms with E-state index in [-0.39, 0.29) is 16.2 Å². The lowest BCUT2D eigenvalue weighted by atomic mass is 9.81. The van der Waals surface area contributed by atoms with Gasteiger partial charge in [-0.25, -0.2) is 0 Å². The number of rotatable bonds is 11. The Morgan fingerprint density at radius 3 is 0.813 bits per heavy atom. The standard InChI is InChI=1S/C76H54N2O2.C28H24.C22H10Cl2O2/c1-75(2)67-21-13-11-19-59(67)61-35-31-55(43-69(61)75)77(53-27-23-49(24-28-53)47-15-7-5-8-16-47)57-33-37-63-65-39-51-40-66-64-38-34-58(46-74(64)80-72(66)42-52(51)41-71(65)79-73(63)45-57)78(54-29-25-50(26-30-54)48-17-9-6-10-18-48)56-32-36-62-60-20-12-14-22-68(60)76(3,4)70(62)44-56;1-28(2)26-11-7-6-10-24(26)25-17-14-21(19-27(25)28)18-20-12-15-23(16-13-20)22-8-4-3-5-9-22;23-13-1-3-15-17-5-11-6-18-16-4-2-14(24)10-22(16)26-20(18)8-12(11)7-19(17)25-21(15)9-13/h5-46H,1-4H3;3-17,19H,18H2,1-2H3;1-10H. The second kappa shape index (κ2) is 31.3. The van der Waals surface area contributed by atoms with Crippen LogP contribution in [0.3, 0.4) is 0 Å². The van der Waals surface area contributed by atoms with Crippen molar-refractivity contribution >= 4 is 167 Å². The van der Waals surface area contributed by atoms with E-state index in [2.05, 4.69) is 427 Å². The number of anilines is 6. The van der Waals surface area contributed by atoms with Crippen LogP contribution in [-0.2, 0) is 22.7 Å². The first-order chi connectivity index (χ1) is 65.4. The summed E-state index contributed by atoms with van der Waals surface area (Å²) in [6, 6.07) is 148. The molecule has 4 heterocycles. The Morgan fingerprint density at radius 2 is 0.448 bits per heavy atom. The Hall–Kier alpha value is -15.7. The molecular formula is C126H88Cl2N2O4. The molecule has 3 aliphatic carbocycles. The van der Waals surface area contributed by atoms with Gasteiger partial charge in [0.25, 0.3) is 0 Å². The minimum absolute atomic E-state index is 0.0686. The summed E-state index contributed by atoms with van der Waals surface area (Å²) in [4.78, 5) is 4.74. The second-order valence-electron chi connectivity index (χ2n) is 37.7. The van der Waals surface area contributed by atoms with E-state index in [9.17, 15) is 0 Å². The van der Waals surface area contributed by atoms with Gasteiger partial charge in [0.2, 0.25) is 0 Å². The van der Waals surface area contributed by atoms with Crippen molar-refractivity contribution in [3.8, 4) is 66.8 Å². The number of benzene rings is 20. The molecule has 0 aliphatic heterocycles. The highest BCUT2D eigenvalue weighted by Gasteiger charge is 2.39. The molecule has 0 spiro atoms. The highest BCUT2D eigenvalue weighted by Crippen LogP contribution is 2.55. The maximum atomic E-state index is 6.88. The maximum Gasteiger partial charge on any atom is 0.137 e. The van der Waals surface area contributed by atoms with Crippen molar-refractivity contribution in [3.05, 3.63) is 467 Å². The molecule has 8 heteroatoms. The molecule has 134 heavy (non-hydrogen) atoms. The van der Waals surface area contributed by atoms with Crippen LogP contribution >= 0.6 is 23.2 Å². The van der Waals surface area contributed by atoms with E-state index in [4.69, 9.17) is 40.9 Å². The molecule has 3 aliphatic rings. The van der Waals surface area contributed by atoms with Crippen molar-refractivity contribution in [2.45, 2.75) is 64.2 Å². The van der Waals surface area contributed by atoms with E-state index in [1.54, 1.807) is 0 Å². The van der Waals surface area contributed by atoms with Crippen LogP contribution in [0.1, 0.15) is 86.1 Å². The minimum atomic E-state index is -0.140. The fourth-order valence-corrected chi connectivity index (χ4v) is 22.1. The first kappa shape index (κ1) is 80.4. The predicted octanol–water partition coefficient (Wildman–Crippen LogP) is 36.7. The number of furan rings is 4. The third kappa shape index (κ3) is 13.5.